The average Bonchev–Trinajstić information content (AvgIpc) is 3.09. The van der Waals surface area contributed by atoms with Crippen LogP contribution in [0.1, 0.15) is 37.3 Å². The van der Waals surface area contributed by atoms with Crippen molar-refractivity contribution in [3.05, 3.63) is 65.7 Å². The van der Waals surface area contributed by atoms with Gasteiger partial charge in [0.05, 0.1) is 6.42 Å². The van der Waals surface area contributed by atoms with Gasteiger partial charge in [-0.15, -0.1) is 0 Å². The molecule has 0 aromatic heterocycles. The van der Waals surface area contributed by atoms with Gasteiger partial charge < -0.3 is 9.80 Å². The van der Waals surface area contributed by atoms with E-state index in [2.05, 4.69) is 19.1 Å². The first-order valence-electron chi connectivity index (χ1n) is 9.38. The van der Waals surface area contributed by atoms with E-state index in [0.717, 1.165) is 42.7 Å². The number of carbonyl (C=O) groups is 2. The molecule has 26 heavy (non-hydrogen) atoms. The molecule has 4 heteroatoms. The molecule has 1 saturated heterocycles. The van der Waals surface area contributed by atoms with Crippen molar-refractivity contribution in [3.8, 4) is 0 Å². The summed E-state index contributed by atoms with van der Waals surface area (Å²) in [7, 11) is 0. The zero-order valence-electron chi connectivity index (χ0n) is 15.4. The summed E-state index contributed by atoms with van der Waals surface area (Å²) in [6.07, 6.45) is 2.88. The largest absolute Gasteiger partial charge is 0.338 e. The number of rotatable bonds is 7. The summed E-state index contributed by atoms with van der Waals surface area (Å²) in [5.74, 6) is 0.325. The van der Waals surface area contributed by atoms with Crippen LogP contribution in [0.2, 0.25) is 0 Å². The van der Waals surface area contributed by atoms with Crippen molar-refractivity contribution in [2.75, 3.05) is 18.0 Å². The molecule has 0 aliphatic carbocycles. The monoisotopic (exact) mass is 350 g/mol. The second-order valence-corrected chi connectivity index (χ2v) is 6.79. The summed E-state index contributed by atoms with van der Waals surface area (Å²) in [4.78, 5) is 28.3. The van der Waals surface area contributed by atoms with Crippen molar-refractivity contribution in [2.45, 2.75) is 39.2 Å². The van der Waals surface area contributed by atoms with Gasteiger partial charge in [0.25, 0.3) is 0 Å². The minimum absolute atomic E-state index is 0.140. The lowest BCUT2D eigenvalue weighted by Gasteiger charge is -2.22. The number of nitrogens with zero attached hydrogens (tertiary/aromatic N) is 2. The Bertz CT molecular complexity index is 740. The van der Waals surface area contributed by atoms with E-state index in [-0.39, 0.29) is 11.8 Å². The normalized spacial score (nSPS) is 13.9. The van der Waals surface area contributed by atoms with Crippen molar-refractivity contribution in [2.24, 2.45) is 0 Å². The number of hydrogen-bond donors (Lipinski definition) is 0. The fourth-order valence-electron chi connectivity index (χ4n) is 3.37. The highest BCUT2D eigenvalue weighted by atomic mass is 16.2. The second kappa shape index (κ2) is 8.65. The maximum Gasteiger partial charge on any atom is 0.227 e. The molecule has 1 aliphatic rings. The van der Waals surface area contributed by atoms with E-state index in [4.69, 9.17) is 0 Å². The lowest BCUT2D eigenvalue weighted by atomic mass is 10.1. The number of benzene rings is 2. The van der Waals surface area contributed by atoms with Gasteiger partial charge in [0.15, 0.2) is 0 Å². The summed E-state index contributed by atoms with van der Waals surface area (Å²) < 4.78 is 0. The summed E-state index contributed by atoms with van der Waals surface area (Å²) in [5.41, 5.74) is 3.06. The smallest absolute Gasteiger partial charge is 0.227 e. The number of hydrogen-bond acceptors (Lipinski definition) is 2. The van der Waals surface area contributed by atoms with Gasteiger partial charge in [0.2, 0.25) is 11.8 Å². The summed E-state index contributed by atoms with van der Waals surface area (Å²) >= 11 is 0. The molecule has 1 heterocycles. The third-order valence-electron chi connectivity index (χ3n) is 4.74. The van der Waals surface area contributed by atoms with Crippen LogP contribution >= 0.6 is 0 Å². The van der Waals surface area contributed by atoms with Gasteiger partial charge in [0.1, 0.15) is 0 Å². The van der Waals surface area contributed by atoms with E-state index in [1.165, 1.54) is 0 Å². The third kappa shape index (κ3) is 4.51. The van der Waals surface area contributed by atoms with Gasteiger partial charge in [0, 0.05) is 31.7 Å². The SMILES string of the molecule is CCCN(Cc1ccccc1)C(=O)Cc1ccc(N2CCCC2=O)cc1. The van der Waals surface area contributed by atoms with Gasteiger partial charge in [-0.1, -0.05) is 49.4 Å². The van der Waals surface area contributed by atoms with Crippen molar-refractivity contribution in [1.29, 1.82) is 0 Å². The van der Waals surface area contributed by atoms with Crippen LogP contribution < -0.4 is 4.90 Å². The number of amides is 2. The Morgan fingerprint density at radius 2 is 1.77 bits per heavy atom. The Morgan fingerprint density at radius 3 is 2.38 bits per heavy atom. The standard InChI is InChI=1S/C22H26N2O2/c1-2-14-23(17-19-7-4-3-5-8-19)22(26)16-18-10-12-20(13-11-18)24-15-6-9-21(24)25/h3-5,7-8,10-13H,2,6,9,14-17H2,1H3. The molecule has 1 fully saturated rings. The highest BCUT2D eigenvalue weighted by Crippen LogP contribution is 2.22. The van der Waals surface area contributed by atoms with Crippen molar-refractivity contribution >= 4 is 17.5 Å². The zero-order chi connectivity index (χ0) is 18.4. The molecule has 0 unspecified atom stereocenters. The van der Waals surface area contributed by atoms with Crippen molar-refractivity contribution < 1.29 is 9.59 Å². The van der Waals surface area contributed by atoms with Gasteiger partial charge in [-0.2, -0.15) is 0 Å². The molecule has 2 aromatic rings. The summed E-state index contributed by atoms with van der Waals surface area (Å²) in [5, 5.41) is 0. The Morgan fingerprint density at radius 1 is 1.04 bits per heavy atom. The fourth-order valence-corrected chi connectivity index (χ4v) is 3.37. The van der Waals surface area contributed by atoms with E-state index < -0.39 is 0 Å². The van der Waals surface area contributed by atoms with Gasteiger partial charge >= 0.3 is 0 Å². The minimum atomic E-state index is 0.140. The van der Waals surface area contributed by atoms with Gasteiger partial charge in [-0.3, -0.25) is 9.59 Å². The van der Waals surface area contributed by atoms with E-state index >= 15 is 0 Å². The first kappa shape index (κ1) is 18.2. The lowest BCUT2D eigenvalue weighted by Crippen LogP contribution is -2.32. The van der Waals surface area contributed by atoms with E-state index in [1.54, 1.807) is 0 Å². The van der Waals surface area contributed by atoms with Crippen LogP contribution in [0.5, 0.6) is 0 Å². The van der Waals surface area contributed by atoms with Crippen molar-refractivity contribution in [1.82, 2.24) is 4.90 Å². The second-order valence-electron chi connectivity index (χ2n) is 6.79. The zero-order valence-corrected chi connectivity index (χ0v) is 15.4. The summed E-state index contributed by atoms with van der Waals surface area (Å²) in [6, 6.07) is 17.9. The maximum absolute atomic E-state index is 12.8. The molecule has 3 rings (SSSR count). The fraction of sp³-hybridized carbons (Fsp3) is 0.364. The van der Waals surface area contributed by atoms with Crippen molar-refractivity contribution in [3.63, 3.8) is 0 Å². The lowest BCUT2D eigenvalue weighted by molar-refractivity contribution is -0.131. The van der Waals surface area contributed by atoms with E-state index in [0.29, 0.717) is 19.4 Å². The molecule has 4 nitrogen and oxygen atoms in total. The predicted molar refractivity (Wildman–Crippen MR) is 104 cm³/mol. The molecule has 0 spiro atoms. The number of anilines is 1. The summed E-state index contributed by atoms with van der Waals surface area (Å²) in [6.45, 7) is 4.29. The third-order valence-corrected chi connectivity index (χ3v) is 4.74. The molecule has 0 radical (unpaired) electrons. The van der Waals surface area contributed by atoms with Crippen LogP contribution in [0.3, 0.4) is 0 Å². The quantitative estimate of drug-likeness (QED) is 0.762. The Labute approximate surface area is 155 Å². The van der Waals surface area contributed by atoms with Crippen LogP contribution in [0.15, 0.2) is 54.6 Å². The first-order valence-corrected chi connectivity index (χ1v) is 9.38. The van der Waals surface area contributed by atoms with E-state index in [9.17, 15) is 9.59 Å². The number of carbonyl (C=O) groups excluding carboxylic acids is 2. The molecule has 0 bridgehead atoms. The molecule has 0 atom stereocenters. The topological polar surface area (TPSA) is 40.6 Å². The Kier molecular flexibility index (Phi) is 6.05. The van der Waals surface area contributed by atoms with E-state index in [1.807, 2.05) is 52.3 Å². The Balaban J connectivity index is 1.64. The van der Waals surface area contributed by atoms with Crippen LogP contribution in [-0.2, 0) is 22.6 Å². The molecular formula is C22H26N2O2. The molecule has 0 N–H and O–H groups in total. The molecule has 2 aromatic carbocycles. The van der Waals surface area contributed by atoms with Crippen LogP contribution in [0.4, 0.5) is 5.69 Å². The Hall–Kier alpha value is -2.62. The molecule has 2 amide bonds. The molecule has 0 saturated carbocycles. The maximum atomic E-state index is 12.8. The van der Waals surface area contributed by atoms with Gasteiger partial charge in [-0.05, 0) is 36.1 Å². The van der Waals surface area contributed by atoms with Crippen LogP contribution in [0.25, 0.3) is 0 Å². The average molecular weight is 350 g/mol. The highest BCUT2D eigenvalue weighted by Gasteiger charge is 2.21. The molecular weight excluding hydrogens is 324 g/mol. The van der Waals surface area contributed by atoms with Gasteiger partial charge in [-0.25, -0.2) is 0 Å². The first-order chi connectivity index (χ1) is 12.7. The minimum Gasteiger partial charge on any atom is -0.338 e. The van der Waals surface area contributed by atoms with Crippen LogP contribution in [-0.4, -0.2) is 29.8 Å². The predicted octanol–water partition coefficient (Wildman–Crippen LogP) is 3.79. The molecule has 136 valence electrons. The molecule has 1 aliphatic heterocycles. The van der Waals surface area contributed by atoms with Crippen LogP contribution in [0, 0.1) is 0 Å². The highest BCUT2D eigenvalue weighted by molar-refractivity contribution is 5.95.